The zero-order valence-electron chi connectivity index (χ0n) is 15.6. The summed E-state index contributed by atoms with van der Waals surface area (Å²) in [6.45, 7) is 3.12. The van der Waals surface area contributed by atoms with Crippen molar-refractivity contribution >= 4 is 17.2 Å². The third-order valence-electron chi connectivity index (χ3n) is 4.91. The molecule has 3 aromatic rings. The molecule has 0 bridgehead atoms. The van der Waals surface area contributed by atoms with Gasteiger partial charge in [-0.3, -0.25) is 20.2 Å². The lowest BCUT2D eigenvalue weighted by Gasteiger charge is -2.30. The summed E-state index contributed by atoms with van der Waals surface area (Å²) in [4.78, 5) is 32.3. The van der Waals surface area contributed by atoms with Crippen molar-refractivity contribution in [3.05, 3.63) is 85.6 Å². The molecule has 0 aliphatic carbocycles. The van der Waals surface area contributed by atoms with Crippen molar-refractivity contribution in [3.8, 4) is 11.4 Å². The van der Waals surface area contributed by atoms with Crippen LogP contribution < -0.4 is 4.90 Å². The summed E-state index contributed by atoms with van der Waals surface area (Å²) < 4.78 is 0. The maximum absolute atomic E-state index is 11.1. The summed E-state index contributed by atoms with van der Waals surface area (Å²) in [5, 5.41) is 21.9. The molecule has 9 heteroatoms. The minimum Gasteiger partial charge on any atom is -0.352 e. The number of hydrogen-bond acceptors (Lipinski definition) is 7. The Bertz CT molecular complexity index is 1110. The third kappa shape index (κ3) is 3.75. The van der Waals surface area contributed by atoms with Crippen molar-refractivity contribution in [3.63, 3.8) is 0 Å². The van der Waals surface area contributed by atoms with Gasteiger partial charge in [0.05, 0.1) is 9.85 Å². The molecule has 0 N–H and O–H groups in total. The van der Waals surface area contributed by atoms with Crippen LogP contribution in [0.25, 0.3) is 11.4 Å². The smallest absolute Gasteiger partial charge is 0.269 e. The number of anilines is 1. The third-order valence-corrected chi connectivity index (χ3v) is 4.91. The summed E-state index contributed by atoms with van der Waals surface area (Å²) in [7, 11) is 0. The molecular weight excluding hydrogens is 374 g/mol. The molecular formula is C20H17N5O4. The highest BCUT2D eigenvalue weighted by molar-refractivity contribution is 5.60. The van der Waals surface area contributed by atoms with E-state index in [-0.39, 0.29) is 16.3 Å². The molecule has 29 heavy (non-hydrogen) atoms. The average molecular weight is 391 g/mol. The molecule has 0 saturated carbocycles. The summed E-state index contributed by atoms with van der Waals surface area (Å²) in [6, 6.07) is 13.0. The first-order chi connectivity index (χ1) is 13.9. The van der Waals surface area contributed by atoms with Gasteiger partial charge in [0.15, 0.2) is 5.82 Å². The van der Waals surface area contributed by atoms with Crippen LogP contribution in [0.15, 0.2) is 48.5 Å². The highest BCUT2D eigenvalue weighted by Crippen LogP contribution is 2.28. The van der Waals surface area contributed by atoms with Crippen molar-refractivity contribution < 1.29 is 9.85 Å². The first-order valence-electron chi connectivity index (χ1n) is 9.02. The van der Waals surface area contributed by atoms with E-state index in [2.05, 4.69) is 14.9 Å². The fourth-order valence-electron chi connectivity index (χ4n) is 3.43. The van der Waals surface area contributed by atoms with E-state index in [1.807, 2.05) is 19.1 Å². The molecule has 1 aliphatic rings. The molecule has 0 radical (unpaired) electrons. The number of nitro benzene ring substituents is 2. The van der Waals surface area contributed by atoms with Crippen LogP contribution in [0.4, 0.5) is 17.2 Å². The van der Waals surface area contributed by atoms with Crippen molar-refractivity contribution in [1.29, 1.82) is 0 Å². The predicted molar refractivity (Wildman–Crippen MR) is 107 cm³/mol. The molecule has 0 atom stereocenters. The average Bonchev–Trinajstić information content (AvgIpc) is 2.72. The first-order valence-corrected chi connectivity index (χ1v) is 9.02. The van der Waals surface area contributed by atoms with Gasteiger partial charge in [0.1, 0.15) is 5.82 Å². The number of aromatic nitrogens is 2. The van der Waals surface area contributed by atoms with Crippen LogP contribution in [0.2, 0.25) is 0 Å². The normalized spacial score (nSPS) is 13.1. The fraction of sp³-hybridized carbons (Fsp3) is 0.200. The van der Waals surface area contributed by atoms with Gasteiger partial charge in [0.2, 0.25) is 0 Å². The molecule has 0 amide bonds. The second-order valence-electron chi connectivity index (χ2n) is 6.88. The van der Waals surface area contributed by atoms with Gasteiger partial charge in [-0.1, -0.05) is 6.07 Å². The van der Waals surface area contributed by atoms with E-state index in [0.717, 1.165) is 35.6 Å². The fourth-order valence-corrected chi connectivity index (χ4v) is 3.43. The molecule has 1 aliphatic heterocycles. The lowest BCUT2D eigenvalue weighted by molar-refractivity contribution is -0.385. The Morgan fingerprint density at radius 3 is 2.28 bits per heavy atom. The van der Waals surface area contributed by atoms with Gasteiger partial charge in [0, 0.05) is 54.7 Å². The standard InChI is InChI=1S/C20H17N5O4/c1-13-10-19(22-20(21-13)15-3-5-17(6-4-15)24(26)27)23-9-8-14-2-7-18(25(28)29)11-16(14)12-23/h2-7,10-11H,8-9,12H2,1H3. The van der Waals surface area contributed by atoms with Crippen molar-refractivity contribution in [2.24, 2.45) is 0 Å². The molecule has 146 valence electrons. The molecule has 0 fully saturated rings. The van der Waals surface area contributed by atoms with Crippen LogP contribution >= 0.6 is 0 Å². The van der Waals surface area contributed by atoms with Crippen LogP contribution in [-0.4, -0.2) is 26.4 Å². The van der Waals surface area contributed by atoms with E-state index < -0.39 is 4.92 Å². The number of aryl methyl sites for hydroxylation is 1. The number of non-ortho nitro benzene ring substituents is 2. The largest absolute Gasteiger partial charge is 0.352 e. The van der Waals surface area contributed by atoms with E-state index in [1.165, 1.54) is 18.2 Å². The molecule has 0 saturated heterocycles. The molecule has 2 aromatic carbocycles. The molecule has 4 rings (SSSR count). The Labute approximate surface area is 166 Å². The van der Waals surface area contributed by atoms with E-state index in [0.29, 0.717) is 17.9 Å². The lowest BCUT2D eigenvalue weighted by Crippen LogP contribution is -2.31. The minimum absolute atomic E-state index is 0.0101. The van der Waals surface area contributed by atoms with Crippen LogP contribution in [0.1, 0.15) is 16.8 Å². The Morgan fingerprint density at radius 1 is 0.897 bits per heavy atom. The quantitative estimate of drug-likeness (QED) is 0.490. The Kier molecular flexibility index (Phi) is 4.63. The van der Waals surface area contributed by atoms with Crippen LogP contribution in [0.5, 0.6) is 0 Å². The lowest BCUT2D eigenvalue weighted by atomic mass is 9.99. The summed E-state index contributed by atoms with van der Waals surface area (Å²) in [6.07, 6.45) is 0.767. The molecule has 0 unspecified atom stereocenters. The number of nitrogens with zero attached hydrogens (tertiary/aromatic N) is 5. The first kappa shape index (κ1) is 18.5. The van der Waals surface area contributed by atoms with E-state index >= 15 is 0 Å². The van der Waals surface area contributed by atoms with Crippen LogP contribution in [0, 0.1) is 27.2 Å². The number of rotatable bonds is 4. The highest BCUT2D eigenvalue weighted by Gasteiger charge is 2.21. The SMILES string of the molecule is Cc1cc(N2CCc3ccc([N+](=O)[O-])cc3C2)nc(-c2ccc([N+](=O)[O-])cc2)n1. The summed E-state index contributed by atoms with van der Waals surface area (Å²) in [5.74, 6) is 1.21. The van der Waals surface area contributed by atoms with Gasteiger partial charge in [-0.2, -0.15) is 0 Å². The molecule has 2 heterocycles. The zero-order chi connectivity index (χ0) is 20.5. The second-order valence-corrected chi connectivity index (χ2v) is 6.88. The van der Waals surface area contributed by atoms with Gasteiger partial charge in [-0.15, -0.1) is 0 Å². The van der Waals surface area contributed by atoms with Gasteiger partial charge < -0.3 is 4.90 Å². The van der Waals surface area contributed by atoms with Crippen molar-refractivity contribution in [2.75, 3.05) is 11.4 Å². The monoisotopic (exact) mass is 391 g/mol. The van der Waals surface area contributed by atoms with E-state index in [1.54, 1.807) is 18.2 Å². The van der Waals surface area contributed by atoms with E-state index in [4.69, 9.17) is 0 Å². The summed E-state index contributed by atoms with van der Waals surface area (Å²) >= 11 is 0. The molecule has 0 spiro atoms. The minimum atomic E-state index is -0.448. The van der Waals surface area contributed by atoms with Gasteiger partial charge in [0.25, 0.3) is 11.4 Å². The Morgan fingerprint density at radius 2 is 1.59 bits per heavy atom. The van der Waals surface area contributed by atoms with E-state index in [9.17, 15) is 20.2 Å². The number of benzene rings is 2. The van der Waals surface area contributed by atoms with Crippen molar-refractivity contribution in [1.82, 2.24) is 9.97 Å². The maximum atomic E-state index is 11.1. The molecule has 9 nitrogen and oxygen atoms in total. The number of fused-ring (bicyclic) bond motifs is 1. The van der Waals surface area contributed by atoms with Gasteiger partial charge in [-0.05, 0) is 36.6 Å². The molecule has 1 aromatic heterocycles. The Balaban J connectivity index is 1.65. The summed E-state index contributed by atoms with van der Waals surface area (Å²) in [5.41, 5.74) is 3.57. The number of nitro groups is 2. The van der Waals surface area contributed by atoms with Crippen molar-refractivity contribution in [2.45, 2.75) is 19.9 Å². The van der Waals surface area contributed by atoms with Gasteiger partial charge in [-0.25, -0.2) is 9.97 Å². The second kappa shape index (κ2) is 7.27. The number of hydrogen-bond donors (Lipinski definition) is 0. The van der Waals surface area contributed by atoms with Crippen LogP contribution in [-0.2, 0) is 13.0 Å². The highest BCUT2D eigenvalue weighted by atomic mass is 16.6. The predicted octanol–water partition coefficient (Wildman–Crippen LogP) is 3.83. The zero-order valence-corrected chi connectivity index (χ0v) is 15.6. The van der Waals surface area contributed by atoms with Gasteiger partial charge >= 0.3 is 0 Å². The topological polar surface area (TPSA) is 115 Å². The maximum Gasteiger partial charge on any atom is 0.269 e. The Hall–Kier alpha value is -3.88. The van der Waals surface area contributed by atoms with Crippen LogP contribution in [0.3, 0.4) is 0 Å².